The maximum absolute atomic E-state index is 9.64. The molecule has 0 aromatic carbocycles. The zero-order valence-corrected chi connectivity index (χ0v) is 13.3. The number of piperidine rings is 1. The molecule has 4 nitrogen and oxygen atoms in total. The van der Waals surface area contributed by atoms with E-state index >= 15 is 0 Å². The van der Waals surface area contributed by atoms with Gasteiger partial charge >= 0.3 is 0 Å². The molecular weight excluding hydrogens is 238 g/mol. The molecule has 0 amide bonds. The average molecular weight is 271 g/mol. The molecule has 114 valence electrons. The van der Waals surface area contributed by atoms with E-state index in [2.05, 4.69) is 42.9 Å². The summed E-state index contributed by atoms with van der Waals surface area (Å²) < 4.78 is 0. The number of aliphatic hydroxyl groups is 1. The van der Waals surface area contributed by atoms with Crippen LogP contribution in [0.4, 0.5) is 0 Å². The normalized spacial score (nSPS) is 21.8. The van der Waals surface area contributed by atoms with E-state index < -0.39 is 0 Å². The van der Waals surface area contributed by atoms with Crippen LogP contribution in [-0.2, 0) is 0 Å². The molecule has 1 fully saturated rings. The number of rotatable bonds is 8. The van der Waals surface area contributed by atoms with Crippen molar-refractivity contribution in [1.82, 2.24) is 15.1 Å². The highest BCUT2D eigenvalue weighted by Crippen LogP contribution is 2.17. The summed E-state index contributed by atoms with van der Waals surface area (Å²) >= 11 is 0. The van der Waals surface area contributed by atoms with Crippen molar-refractivity contribution in [3.8, 4) is 0 Å². The SMILES string of the molecule is CCCNC(C)(CO)CN(C)C1CCN(CC)CC1. The zero-order chi connectivity index (χ0) is 14.3. The number of likely N-dealkylation sites (tertiary alicyclic amines) is 1. The summed E-state index contributed by atoms with van der Waals surface area (Å²) in [6.45, 7) is 12.2. The lowest BCUT2D eigenvalue weighted by molar-refractivity contribution is 0.0808. The minimum absolute atomic E-state index is 0.174. The Balaban J connectivity index is 2.42. The minimum Gasteiger partial charge on any atom is -0.394 e. The van der Waals surface area contributed by atoms with Gasteiger partial charge in [-0.3, -0.25) is 0 Å². The molecular formula is C15H33N3O. The van der Waals surface area contributed by atoms with Crippen molar-refractivity contribution in [2.75, 3.05) is 46.4 Å². The Labute approximate surface area is 119 Å². The molecule has 1 aliphatic rings. The van der Waals surface area contributed by atoms with Crippen molar-refractivity contribution in [3.05, 3.63) is 0 Å². The number of hydrogen-bond donors (Lipinski definition) is 2. The van der Waals surface area contributed by atoms with Crippen LogP contribution in [0.3, 0.4) is 0 Å². The Morgan fingerprint density at radius 2 is 1.95 bits per heavy atom. The van der Waals surface area contributed by atoms with Gasteiger partial charge in [0.1, 0.15) is 0 Å². The third kappa shape index (κ3) is 5.38. The summed E-state index contributed by atoms with van der Waals surface area (Å²) in [5.41, 5.74) is -0.174. The number of likely N-dealkylation sites (N-methyl/N-ethyl adjacent to an activating group) is 1. The third-order valence-corrected chi connectivity index (χ3v) is 4.38. The van der Waals surface area contributed by atoms with Crippen molar-refractivity contribution in [2.24, 2.45) is 0 Å². The van der Waals surface area contributed by atoms with E-state index in [1.165, 1.54) is 32.5 Å². The predicted octanol–water partition coefficient (Wildman–Crippen LogP) is 1.15. The molecule has 1 unspecified atom stereocenters. The first-order chi connectivity index (χ1) is 9.04. The number of aliphatic hydroxyl groups excluding tert-OH is 1. The van der Waals surface area contributed by atoms with Crippen LogP contribution in [0, 0.1) is 0 Å². The van der Waals surface area contributed by atoms with Gasteiger partial charge in [0, 0.05) is 12.6 Å². The van der Waals surface area contributed by atoms with Crippen LogP contribution in [-0.4, -0.2) is 72.9 Å². The van der Waals surface area contributed by atoms with Crippen molar-refractivity contribution in [1.29, 1.82) is 0 Å². The van der Waals surface area contributed by atoms with E-state index in [4.69, 9.17) is 0 Å². The van der Waals surface area contributed by atoms with Gasteiger partial charge in [0.25, 0.3) is 0 Å². The fourth-order valence-corrected chi connectivity index (χ4v) is 2.94. The lowest BCUT2D eigenvalue weighted by atomic mass is 9.98. The topological polar surface area (TPSA) is 38.7 Å². The van der Waals surface area contributed by atoms with Crippen LogP contribution in [0.2, 0.25) is 0 Å². The van der Waals surface area contributed by atoms with E-state index in [1.54, 1.807) is 0 Å². The molecule has 0 spiro atoms. The first-order valence-electron chi connectivity index (χ1n) is 7.83. The molecule has 0 saturated carbocycles. The van der Waals surface area contributed by atoms with Gasteiger partial charge in [0.2, 0.25) is 0 Å². The first kappa shape index (κ1) is 16.9. The lowest BCUT2D eigenvalue weighted by Crippen LogP contribution is -2.56. The van der Waals surface area contributed by atoms with Gasteiger partial charge < -0.3 is 20.2 Å². The molecule has 4 heteroatoms. The van der Waals surface area contributed by atoms with Crippen molar-refractivity contribution in [3.63, 3.8) is 0 Å². The highest BCUT2D eigenvalue weighted by molar-refractivity contribution is 4.88. The highest BCUT2D eigenvalue weighted by Gasteiger charge is 2.29. The summed E-state index contributed by atoms with van der Waals surface area (Å²) in [5, 5.41) is 13.1. The van der Waals surface area contributed by atoms with Gasteiger partial charge in [-0.1, -0.05) is 13.8 Å². The Morgan fingerprint density at radius 3 is 2.42 bits per heavy atom. The molecule has 0 aliphatic carbocycles. The fraction of sp³-hybridized carbons (Fsp3) is 1.00. The molecule has 0 bridgehead atoms. The smallest absolute Gasteiger partial charge is 0.0623 e. The summed E-state index contributed by atoms with van der Waals surface area (Å²) in [7, 11) is 2.20. The van der Waals surface area contributed by atoms with E-state index in [9.17, 15) is 5.11 Å². The van der Waals surface area contributed by atoms with Crippen molar-refractivity contribution in [2.45, 2.75) is 51.6 Å². The molecule has 1 aliphatic heterocycles. The number of nitrogens with one attached hydrogen (secondary N) is 1. The Bertz CT molecular complexity index is 242. The van der Waals surface area contributed by atoms with Gasteiger partial charge in [-0.05, 0) is 59.4 Å². The van der Waals surface area contributed by atoms with Gasteiger partial charge in [0.15, 0.2) is 0 Å². The third-order valence-electron chi connectivity index (χ3n) is 4.38. The molecule has 0 aromatic heterocycles. The first-order valence-corrected chi connectivity index (χ1v) is 7.83. The molecule has 0 radical (unpaired) electrons. The molecule has 0 aromatic rings. The monoisotopic (exact) mass is 271 g/mol. The van der Waals surface area contributed by atoms with Gasteiger partial charge in [-0.15, -0.1) is 0 Å². The number of hydrogen-bond acceptors (Lipinski definition) is 4. The zero-order valence-electron chi connectivity index (χ0n) is 13.3. The van der Waals surface area contributed by atoms with Crippen LogP contribution in [0.25, 0.3) is 0 Å². The summed E-state index contributed by atoms with van der Waals surface area (Å²) in [6, 6.07) is 0.664. The second-order valence-corrected chi connectivity index (χ2v) is 6.23. The number of nitrogens with zero attached hydrogens (tertiary/aromatic N) is 2. The molecule has 1 atom stereocenters. The summed E-state index contributed by atoms with van der Waals surface area (Å²) in [4.78, 5) is 4.96. The van der Waals surface area contributed by atoms with E-state index in [0.717, 1.165) is 19.5 Å². The summed E-state index contributed by atoms with van der Waals surface area (Å²) in [6.07, 6.45) is 3.60. The van der Waals surface area contributed by atoms with Gasteiger partial charge in [-0.25, -0.2) is 0 Å². The largest absolute Gasteiger partial charge is 0.394 e. The maximum atomic E-state index is 9.64. The van der Waals surface area contributed by atoms with E-state index in [-0.39, 0.29) is 12.1 Å². The highest BCUT2D eigenvalue weighted by atomic mass is 16.3. The standard InChI is InChI=1S/C15H33N3O/c1-5-9-16-15(3,13-19)12-17(4)14-7-10-18(6-2)11-8-14/h14,16,19H,5-13H2,1-4H3. The average Bonchev–Trinajstić information content (AvgIpc) is 2.45. The van der Waals surface area contributed by atoms with Crippen LogP contribution < -0.4 is 5.32 Å². The Hall–Kier alpha value is -0.160. The van der Waals surface area contributed by atoms with E-state index in [1.807, 2.05) is 0 Å². The molecule has 2 N–H and O–H groups in total. The minimum atomic E-state index is -0.174. The Morgan fingerprint density at radius 1 is 1.32 bits per heavy atom. The van der Waals surface area contributed by atoms with Gasteiger partial charge in [0.05, 0.1) is 12.1 Å². The second-order valence-electron chi connectivity index (χ2n) is 6.23. The predicted molar refractivity (Wildman–Crippen MR) is 81.6 cm³/mol. The lowest BCUT2D eigenvalue weighted by Gasteiger charge is -2.40. The van der Waals surface area contributed by atoms with Gasteiger partial charge in [-0.2, -0.15) is 0 Å². The molecule has 1 saturated heterocycles. The fourth-order valence-electron chi connectivity index (χ4n) is 2.94. The summed E-state index contributed by atoms with van der Waals surface area (Å²) in [5.74, 6) is 0. The quantitative estimate of drug-likeness (QED) is 0.695. The second kappa shape index (κ2) is 8.20. The molecule has 1 rings (SSSR count). The molecule has 19 heavy (non-hydrogen) atoms. The molecule has 1 heterocycles. The maximum Gasteiger partial charge on any atom is 0.0623 e. The van der Waals surface area contributed by atoms with Crippen LogP contribution in [0.1, 0.15) is 40.0 Å². The van der Waals surface area contributed by atoms with Crippen LogP contribution in [0.5, 0.6) is 0 Å². The van der Waals surface area contributed by atoms with Crippen LogP contribution >= 0.6 is 0 Å². The van der Waals surface area contributed by atoms with E-state index in [0.29, 0.717) is 6.04 Å². The Kier molecular flexibility index (Phi) is 7.29. The van der Waals surface area contributed by atoms with Crippen LogP contribution in [0.15, 0.2) is 0 Å². The van der Waals surface area contributed by atoms with Crippen molar-refractivity contribution >= 4 is 0 Å². The van der Waals surface area contributed by atoms with Crippen molar-refractivity contribution < 1.29 is 5.11 Å².